The van der Waals surface area contributed by atoms with Crippen LogP contribution >= 0.6 is 0 Å². The van der Waals surface area contributed by atoms with Gasteiger partial charge in [0.25, 0.3) is 0 Å². The summed E-state index contributed by atoms with van der Waals surface area (Å²) in [4.78, 5) is 0. The van der Waals surface area contributed by atoms with E-state index < -0.39 is 0 Å². The molecule has 0 aliphatic carbocycles. The van der Waals surface area contributed by atoms with Crippen molar-refractivity contribution in [3.63, 3.8) is 0 Å². The topological polar surface area (TPSA) is 99.7 Å². The number of hydrogen-bond acceptors (Lipinski definition) is 2. The molecule has 0 spiro atoms. The Labute approximate surface area is 76.6 Å². The lowest BCUT2D eigenvalue weighted by Crippen LogP contribution is -2.21. The minimum atomic E-state index is -0.115. The second kappa shape index (κ2) is 3.26. The van der Waals surface area contributed by atoms with Crippen LogP contribution in [0.2, 0.25) is 0 Å². The number of amidine groups is 2. The molecule has 1 radical (unpaired) electrons. The molecule has 0 aliphatic rings. The van der Waals surface area contributed by atoms with Crippen molar-refractivity contribution in [2.24, 2.45) is 11.5 Å². The molecule has 1 aromatic rings. The lowest BCUT2D eigenvalue weighted by Gasteiger charge is -2.08. The minimum Gasteiger partial charge on any atom is -0.384 e. The lowest BCUT2D eigenvalue weighted by molar-refractivity contribution is 1.36. The van der Waals surface area contributed by atoms with Crippen LogP contribution in [0.3, 0.4) is 0 Å². The fourth-order valence-corrected chi connectivity index (χ4v) is 1.14. The van der Waals surface area contributed by atoms with E-state index in [9.17, 15) is 0 Å². The van der Waals surface area contributed by atoms with Gasteiger partial charge in [0.05, 0.1) is 0 Å². The van der Waals surface area contributed by atoms with Gasteiger partial charge in [0.15, 0.2) is 0 Å². The van der Waals surface area contributed by atoms with Crippen LogP contribution in [-0.4, -0.2) is 11.7 Å². The number of nitrogens with two attached hydrogens (primary N) is 2. The van der Waals surface area contributed by atoms with Crippen LogP contribution in [0.15, 0.2) is 18.2 Å². The Morgan fingerprint density at radius 3 is 2.15 bits per heavy atom. The third-order valence-electron chi connectivity index (χ3n) is 1.71. The number of hydrogen-bond donors (Lipinski definition) is 4. The molecular weight excluding hydrogens is 164 g/mol. The molecule has 13 heavy (non-hydrogen) atoms. The van der Waals surface area contributed by atoms with Crippen molar-refractivity contribution >= 4 is 11.7 Å². The van der Waals surface area contributed by atoms with Gasteiger partial charge in [-0.3, -0.25) is 10.8 Å². The molecule has 0 aliphatic heterocycles. The minimum absolute atomic E-state index is 0.101. The first-order valence-electron chi connectivity index (χ1n) is 3.67. The summed E-state index contributed by atoms with van der Waals surface area (Å²) in [5.41, 5.74) is 12.2. The molecule has 1 rings (SSSR count). The first-order valence-corrected chi connectivity index (χ1v) is 3.67. The quantitative estimate of drug-likeness (QED) is 0.387. The van der Waals surface area contributed by atoms with Gasteiger partial charge in [0, 0.05) is 11.1 Å². The third-order valence-corrected chi connectivity index (χ3v) is 1.71. The van der Waals surface area contributed by atoms with Crippen LogP contribution in [0.5, 0.6) is 0 Å². The molecule has 0 atom stereocenters. The molecule has 0 unspecified atom stereocenters. The molecule has 0 fully saturated rings. The fourth-order valence-electron chi connectivity index (χ4n) is 1.14. The second-order valence-corrected chi connectivity index (χ2v) is 2.67. The van der Waals surface area contributed by atoms with Gasteiger partial charge in [-0.1, -0.05) is 18.2 Å². The van der Waals surface area contributed by atoms with Crippen LogP contribution in [-0.2, 0) is 0 Å². The van der Waals surface area contributed by atoms with Crippen LogP contribution in [0.25, 0.3) is 0 Å². The van der Waals surface area contributed by atoms with Crippen molar-refractivity contribution in [3.05, 3.63) is 41.8 Å². The van der Waals surface area contributed by atoms with Gasteiger partial charge < -0.3 is 11.5 Å². The normalized spacial score (nSPS) is 9.62. The Balaban J connectivity index is 3.43. The Morgan fingerprint density at radius 1 is 1.15 bits per heavy atom. The molecule has 0 bridgehead atoms. The van der Waals surface area contributed by atoms with Crippen LogP contribution in [0.1, 0.15) is 16.7 Å². The van der Waals surface area contributed by atoms with Gasteiger partial charge in [-0.15, -0.1) is 0 Å². The van der Waals surface area contributed by atoms with E-state index in [0.717, 1.165) is 0 Å². The van der Waals surface area contributed by atoms with E-state index in [2.05, 4.69) is 6.92 Å². The van der Waals surface area contributed by atoms with E-state index in [1.165, 1.54) is 0 Å². The molecule has 6 N–H and O–H groups in total. The average Bonchev–Trinajstić information content (AvgIpc) is 2.02. The second-order valence-electron chi connectivity index (χ2n) is 2.67. The number of benzene rings is 1. The first kappa shape index (κ1) is 9.25. The largest absolute Gasteiger partial charge is 0.384 e. The van der Waals surface area contributed by atoms with Crippen LogP contribution in [0.4, 0.5) is 0 Å². The molecular formula is C9H11N4. The summed E-state index contributed by atoms with van der Waals surface area (Å²) in [5, 5.41) is 14.6. The molecule has 67 valence electrons. The summed E-state index contributed by atoms with van der Waals surface area (Å²) in [6, 6.07) is 5.10. The van der Waals surface area contributed by atoms with Gasteiger partial charge in [-0.25, -0.2) is 0 Å². The smallest absolute Gasteiger partial charge is 0.123 e. The molecule has 4 nitrogen and oxygen atoms in total. The van der Waals surface area contributed by atoms with Gasteiger partial charge in [0.2, 0.25) is 0 Å². The van der Waals surface area contributed by atoms with Gasteiger partial charge in [0.1, 0.15) is 11.7 Å². The molecule has 1 aromatic carbocycles. The molecule has 0 aromatic heterocycles. The Hall–Kier alpha value is -1.84. The SMILES string of the molecule is [CH2]c1cccc(C(=N)N)c1C(=N)N. The molecule has 0 amide bonds. The zero-order chi connectivity index (χ0) is 10.0. The maximum absolute atomic E-state index is 7.30. The number of nitrogens with one attached hydrogen (secondary N) is 2. The number of nitrogen functional groups attached to an aromatic ring is 2. The predicted molar refractivity (Wildman–Crippen MR) is 52.9 cm³/mol. The van der Waals surface area contributed by atoms with Crippen molar-refractivity contribution in [2.75, 3.05) is 0 Å². The summed E-state index contributed by atoms with van der Waals surface area (Å²) in [5.74, 6) is -0.216. The van der Waals surface area contributed by atoms with E-state index in [0.29, 0.717) is 16.7 Å². The van der Waals surface area contributed by atoms with Crippen LogP contribution < -0.4 is 11.5 Å². The third kappa shape index (κ3) is 1.66. The Bertz CT molecular complexity index is 368. The van der Waals surface area contributed by atoms with Crippen molar-refractivity contribution in [3.8, 4) is 0 Å². The monoisotopic (exact) mass is 175 g/mol. The van der Waals surface area contributed by atoms with Crippen molar-refractivity contribution in [1.82, 2.24) is 0 Å². The van der Waals surface area contributed by atoms with Gasteiger partial charge in [-0.2, -0.15) is 0 Å². The highest BCUT2D eigenvalue weighted by Gasteiger charge is 2.09. The van der Waals surface area contributed by atoms with Gasteiger partial charge in [-0.05, 0) is 12.5 Å². The average molecular weight is 175 g/mol. The van der Waals surface area contributed by atoms with Gasteiger partial charge >= 0.3 is 0 Å². The molecule has 4 heteroatoms. The van der Waals surface area contributed by atoms with Crippen molar-refractivity contribution in [2.45, 2.75) is 0 Å². The van der Waals surface area contributed by atoms with E-state index in [1.54, 1.807) is 18.2 Å². The maximum atomic E-state index is 7.30. The Kier molecular flexibility index (Phi) is 2.32. The standard InChI is InChI=1S/C9H11N4/c1-5-3-2-4-6(8(10)11)7(5)9(12)13/h2-4H,1H2,(H3,10,11)(H3,12,13). The molecule has 0 saturated heterocycles. The van der Waals surface area contributed by atoms with E-state index in [-0.39, 0.29) is 11.7 Å². The van der Waals surface area contributed by atoms with E-state index in [4.69, 9.17) is 22.3 Å². The van der Waals surface area contributed by atoms with E-state index in [1.807, 2.05) is 0 Å². The lowest BCUT2D eigenvalue weighted by atomic mass is 10.0. The first-order chi connectivity index (χ1) is 6.04. The van der Waals surface area contributed by atoms with E-state index >= 15 is 0 Å². The fraction of sp³-hybridized carbons (Fsp3) is 0. The highest BCUT2D eigenvalue weighted by molar-refractivity contribution is 6.09. The maximum Gasteiger partial charge on any atom is 0.123 e. The van der Waals surface area contributed by atoms with Crippen molar-refractivity contribution in [1.29, 1.82) is 10.8 Å². The van der Waals surface area contributed by atoms with Crippen LogP contribution in [0, 0.1) is 17.7 Å². The zero-order valence-electron chi connectivity index (χ0n) is 7.09. The summed E-state index contributed by atoms with van der Waals surface area (Å²) in [6.45, 7) is 3.71. The summed E-state index contributed by atoms with van der Waals surface area (Å²) in [7, 11) is 0. The zero-order valence-corrected chi connectivity index (χ0v) is 7.09. The predicted octanol–water partition coefficient (Wildman–Crippen LogP) is 0.437. The highest BCUT2D eigenvalue weighted by atomic mass is 14.7. The number of rotatable bonds is 2. The van der Waals surface area contributed by atoms with Crippen molar-refractivity contribution < 1.29 is 0 Å². The summed E-state index contributed by atoms with van der Waals surface area (Å²) < 4.78 is 0. The summed E-state index contributed by atoms with van der Waals surface area (Å²) in [6.07, 6.45) is 0. The Morgan fingerprint density at radius 2 is 1.77 bits per heavy atom. The summed E-state index contributed by atoms with van der Waals surface area (Å²) >= 11 is 0. The molecule has 0 heterocycles. The highest BCUT2D eigenvalue weighted by Crippen LogP contribution is 2.12. The molecule has 0 saturated carbocycles.